The Balaban J connectivity index is 2.07. The van der Waals surface area contributed by atoms with E-state index in [-0.39, 0.29) is 17.2 Å². The molecular formula is C14H13NO5. The van der Waals surface area contributed by atoms with E-state index in [1.54, 1.807) is 12.1 Å². The molecule has 0 amide bonds. The molecule has 0 aromatic heterocycles. The topological polar surface area (TPSA) is 104 Å². The number of rotatable bonds is 4. The third kappa shape index (κ3) is 2.97. The van der Waals surface area contributed by atoms with Crippen LogP contribution in [0.4, 0.5) is 5.69 Å². The Morgan fingerprint density at radius 1 is 0.900 bits per heavy atom. The molecule has 0 aliphatic carbocycles. The number of nitro benzene ring substituents is 1. The zero-order valence-electron chi connectivity index (χ0n) is 10.5. The van der Waals surface area contributed by atoms with E-state index in [0.717, 1.165) is 5.56 Å². The summed E-state index contributed by atoms with van der Waals surface area (Å²) in [6.07, 6.45) is 1.13. The van der Waals surface area contributed by atoms with E-state index in [4.69, 9.17) is 0 Å². The van der Waals surface area contributed by atoms with Gasteiger partial charge in [-0.3, -0.25) is 10.1 Å². The normalized spacial score (nSPS) is 10.4. The summed E-state index contributed by atoms with van der Waals surface area (Å²) in [5.41, 5.74) is 1.60. The molecule has 0 spiro atoms. The quantitative estimate of drug-likeness (QED) is 0.452. The number of hydrogen-bond donors (Lipinski definition) is 3. The van der Waals surface area contributed by atoms with Crippen LogP contribution in [0.15, 0.2) is 36.4 Å². The van der Waals surface area contributed by atoms with Crippen molar-refractivity contribution in [2.45, 2.75) is 12.8 Å². The Labute approximate surface area is 114 Å². The van der Waals surface area contributed by atoms with Crippen molar-refractivity contribution < 1.29 is 20.2 Å². The van der Waals surface area contributed by atoms with Crippen LogP contribution in [0.5, 0.6) is 17.2 Å². The first-order valence-corrected chi connectivity index (χ1v) is 5.94. The second-order valence-corrected chi connectivity index (χ2v) is 4.41. The van der Waals surface area contributed by atoms with Crippen molar-refractivity contribution in [3.8, 4) is 17.2 Å². The van der Waals surface area contributed by atoms with Crippen LogP contribution in [0.25, 0.3) is 0 Å². The monoisotopic (exact) mass is 275 g/mol. The summed E-state index contributed by atoms with van der Waals surface area (Å²) in [6.45, 7) is 0. The summed E-state index contributed by atoms with van der Waals surface area (Å²) in [6, 6.07) is 8.94. The van der Waals surface area contributed by atoms with Crippen molar-refractivity contribution in [3.63, 3.8) is 0 Å². The number of nitro groups is 1. The number of benzene rings is 2. The molecule has 0 fully saturated rings. The molecule has 0 heterocycles. The van der Waals surface area contributed by atoms with E-state index in [1.807, 2.05) is 0 Å². The molecule has 104 valence electrons. The highest BCUT2D eigenvalue weighted by Crippen LogP contribution is 2.35. The van der Waals surface area contributed by atoms with Crippen LogP contribution < -0.4 is 0 Å². The van der Waals surface area contributed by atoms with Crippen molar-refractivity contribution in [1.29, 1.82) is 0 Å². The number of nitrogens with zero attached hydrogens (tertiary/aromatic N) is 1. The summed E-state index contributed by atoms with van der Waals surface area (Å²) < 4.78 is 0. The Kier molecular flexibility index (Phi) is 3.74. The van der Waals surface area contributed by atoms with Crippen LogP contribution in [-0.2, 0) is 12.8 Å². The van der Waals surface area contributed by atoms with E-state index < -0.39 is 10.7 Å². The molecule has 0 bridgehead atoms. The van der Waals surface area contributed by atoms with E-state index in [2.05, 4.69) is 0 Å². The lowest BCUT2D eigenvalue weighted by atomic mass is 10.0. The second-order valence-electron chi connectivity index (χ2n) is 4.41. The minimum atomic E-state index is -0.538. The molecule has 20 heavy (non-hydrogen) atoms. The van der Waals surface area contributed by atoms with E-state index in [9.17, 15) is 25.4 Å². The predicted octanol–water partition coefficient (Wildman–Crippen LogP) is 2.50. The fourth-order valence-electron chi connectivity index (χ4n) is 1.88. The van der Waals surface area contributed by atoms with Gasteiger partial charge in [0.15, 0.2) is 17.2 Å². The Hall–Kier alpha value is -2.76. The van der Waals surface area contributed by atoms with Crippen LogP contribution in [0.3, 0.4) is 0 Å². The average molecular weight is 275 g/mol. The number of aromatic hydroxyl groups is 3. The minimum Gasteiger partial charge on any atom is -0.504 e. The van der Waals surface area contributed by atoms with Crippen molar-refractivity contribution >= 4 is 5.69 Å². The molecular weight excluding hydrogens is 262 g/mol. The van der Waals surface area contributed by atoms with Crippen molar-refractivity contribution in [2.24, 2.45) is 0 Å². The van der Waals surface area contributed by atoms with Gasteiger partial charge in [0, 0.05) is 12.1 Å². The summed E-state index contributed by atoms with van der Waals surface area (Å²) in [5.74, 6) is -1.28. The van der Waals surface area contributed by atoms with Crippen LogP contribution >= 0.6 is 0 Å². The molecule has 0 saturated heterocycles. The number of phenols is 3. The molecule has 2 aromatic carbocycles. The largest absolute Gasteiger partial charge is 0.504 e. The fourth-order valence-corrected chi connectivity index (χ4v) is 1.88. The molecule has 0 unspecified atom stereocenters. The molecule has 2 aromatic rings. The molecule has 6 heteroatoms. The Bertz CT molecular complexity index is 614. The highest BCUT2D eigenvalue weighted by atomic mass is 16.6. The first-order valence-electron chi connectivity index (χ1n) is 5.94. The molecule has 0 atom stereocenters. The van der Waals surface area contributed by atoms with E-state index in [0.29, 0.717) is 18.4 Å². The highest BCUT2D eigenvalue weighted by molar-refractivity contribution is 5.51. The minimum absolute atomic E-state index is 0.0358. The Morgan fingerprint density at radius 2 is 1.40 bits per heavy atom. The molecule has 3 N–H and O–H groups in total. The van der Waals surface area contributed by atoms with Gasteiger partial charge in [-0.2, -0.15) is 0 Å². The zero-order valence-corrected chi connectivity index (χ0v) is 10.5. The van der Waals surface area contributed by atoms with Crippen LogP contribution in [0.2, 0.25) is 0 Å². The van der Waals surface area contributed by atoms with Gasteiger partial charge in [-0.1, -0.05) is 12.1 Å². The SMILES string of the molecule is O=[N+]([O-])c1ccc(CCc2cc(O)c(O)c(O)c2)cc1. The summed E-state index contributed by atoms with van der Waals surface area (Å²) >= 11 is 0. The van der Waals surface area contributed by atoms with E-state index in [1.165, 1.54) is 24.3 Å². The number of hydrogen-bond acceptors (Lipinski definition) is 5. The second kappa shape index (κ2) is 5.48. The molecule has 0 aliphatic heterocycles. The van der Waals surface area contributed by atoms with Gasteiger partial charge >= 0.3 is 0 Å². The maximum Gasteiger partial charge on any atom is 0.269 e. The van der Waals surface area contributed by atoms with Gasteiger partial charge < -0.3 is 15.3 Å². The molecule has 0 aliphatic rings. The molecule has 0 radical (unpaired) electrons. The summed E-state index contributed by atoms with van der Waals surface area (Å²) in [5, 5.41) is 38.5. The van der Waals surface area contributed by atoms with Gasteiger partial charge in [0.1, 0.15) is 0 Å². The smallest absolute Gasteiger partial charge is 0.269 e. The third-order valence-electron chi connectivity index (χ3n) is 2.98. The van der Waals surface area contributed by atoms with Gasteiger partial charge in [0.05, 0.1) is 4.92 Å². The predicted molar refractivity (Wildman–Crippen MR) is 71.9 cm³/mol. The summed E-state index contributed by atoms with van der Waals surface area (Å²) in [7, 11) is 0. The van der Waals surface area contributed by atoms with E-state index >= 15 is 0 Å². The number of aryl methyl sites for hydroxylation is 2. The third-order valence-corrected chi connectivity index (χ3v) is 2.98. The highest BCUT2D eigenvalue weighted by Gasteiger charge is 2.09. The molecule has 0 saturated carbocycles. The lowest BCUT2D eigenvalue weighted by molar-refractivity contribution is -0.384. The lowest BCUT2D eigenvalue weighted by Crippen LogP contribution is -1.93. The lowest BCUT2D eigenvalue weighted by Gasteiger charge is -2.06. The number of phenolic OH excluding ortho intramolecular Hbond substituents is 3. The molecule has 6 nitrogen and oxygen atoms in total. The zero-order chi connectivity index (χ0) is 14.7. The maximum absolute atomic E-state index is 10.5. The Morgan fingerprint density at radius 3 is 1.90 bits per heavy atom. The van der Waals surface area contributed by atoms with Crippen molar-refractivity contribution in [1.82, 2.24) is 0 Å². The van der Waals surface area contributed by atoms with Crippen molar-refractivity contribution in [3.05, 3.63) is 57.6 Å². The van der Waals surface area contributed by atoms with Gasteiger partial charge in [-0.05, 0) is 36.1 Å². The van der Waals surface area contributed by atoms with Gasteiger partial charge in [0.25, 0.3) is 5.69 Å². The maximum atomic E-state index is 10.5. The van der Waals surface area contributed by atoms with Crippen LogP contribution in [-0.4, -0.2) is 20.2 Å². The standard InChI is InChI=1S/C14H13NO5/c16-12-7-10(8-13(17)14(12)18)2-1-9-3-5-11(6-4-9)15(19)20/h3-8,16-18H,1-2H2. The van der Waals surface area contributed by atoms with Crippen molar-refractivity contribution in [2.75, 3.05) is 0 Å². The average Bonchev–Trinajstić information content (AvgIpc) is 2.42. The van der Waals surface area contributed by atoms with Crippen LogP contribution in [0.1, 0.15) is 11.1 Å². The van der Waals surface area contributed by atoms with Crippen LogP contribution in [0, 0.1) is 10.1 Å². The molecule has 2 rings (SSSR count). The summed E-state index contributed by atoms with van der Waals surface area (Å²) in [4.78, 5) is 10.1. The fraction of sp³-hybridized carbons (Fsp3) is 0.143. The van der Waals surface area contributed by atoms with Gasteiger partial charge in [0.2, 0.25) is 0 Å². The first-order chi connectivity index (χ1) is 9.47. The van der Waals surface area contributed by atoms with Gasteiger partial charge in [-0.15, -0.1) is 0 Å². The number of non-ortho nitro benzene ring substituents is 1. The first kappa shape index (κ1) is 13.7. The van der Waals surface area contributed by atoms with Gasteiger partial charge in [-0.25, -0.2) is 0 Å².